The van der Waals surface area contributed by atoms with Gasteiger partial charge in [0, 0.05) is 80.0 Å². The Morgan fingerprint density at radius 3 is 1.12 bits per heavy atom. The number of hydrogen-bond acceptors (Lipinski definition) is 9. The van der Waals surface area contributed by atoms with E-state index in [1.54, 1.807) is 24.8 Å². The molecular formula is C63H39N11. The van der Waals surface area contributed by atoms with Crippen LogP contribution in [0.2, 0.25) is 0 Å². The minimum Gasteiger partial charge on any atom is -0.309 e. The lowest BCUT2D eigenvalue weighted by Crippen LogP contribution is -2.02. The van der Waals surface area contributed by atoms with E-state index in [0.29, 0.717) is 46.3 Å². The van der Waals surface area contributed by atoms with Crippen LogP contribution in [0.1, 0.15) is 0 Å². The SMILES string of the molecule is c1ccc(-c2nc(-c3ccc(-n4c5ccccc5c5cc(-c6ccc7c(c6)c6ccccc6n7-c6ccc(-c7nc(-c8ccccn8)nc(-c8ccccn8)n7)cc6)ccc54)cc3)nc(-c3cccnc3)n2)cc1. The highest BCUT2D eigenvalue weighted by Gasteiger charge is 2.19. The van der Waals surface area contributed by atoms with E-state index in [-0.39, 0.29) is 0 Å². The van der Waals surface area contributed by atoms with Gasteiger partial charge in [0.2, 0.25) is 0 Å². The van der Waals surface area contributed by atoms with Crippen molar-refractivity contribution in [3.8, 4) is 91.1 Å². The lowest BCUT2D eigenvalue weighted by Gasteiger charge is -2.11. The molecule has 7 aromatic heterocycles. The zero-order chi connectivity index (χ0) is 49.0. The fourth-order valence-electron chi connectivity index (χ4n) is 9.95. The zero-order valence-electron chi connectivity index (χ0n) is 39.4. The second-order valence-electron chi connectivity index (χ2n) is 17.9. The third-order valence-corrected chi connectivity index (χ3v) is 13.5. The van der Waals surface area contributed by atoms with E-state index in [1.807, 2.05) is 78.9 Å². The van der Waals surface area contributed by atoms with Crippen molar-refractivity contribution in [1.82, 2.24) is 54.0 Å². The molecule has 0 aliphatic rings. The van der Waals surface area contributed by atoms with Gasteiger partial charge in [-0.1, -0.05) is 91.0 Å². The number of benzene rings is 7. The van der Waals surface area contributed by atoms with Crippen LogP contribution in [0.4, 0.5) is 0 Å². The van der Waals surface area contributed by atoms with Crippen LogP contribution < -0.4 is 0 Å². The Balaban J connectivity index is 0.814. The maximum Gasteiger partial charge on any atom is 0.182 e. The smallest absolute Gasteiger partial charge is 0.182 e. The maximum absolute atomic E-state index is 4.96. The number of para-hydroxylation sites is 2. The molecule has 0 fully saturated rings. The predicted molar refractivity (Wildman–Crippen MR) is 293 cm³/mol. The number of fused-ring (bicyclic) bond motifs is 6. The van der Waals surface area contributed by atoms with Gasteiger partial charge in [0.25, 0.3) is 0 Å². The summed E-state index contributed by atoms with van der Waals surface area (Å²) in [5.41, 5.74) is 13.6. The average molecular weight is 950 g/mol. The number of rotatable bonds is 9. The number of nitrogens with zero attached hydrogens (tertiary/aromatic N) is 11. The second kappa shape index (κ2) is 17.8. The first kappa shape index (κ1) is 42.5. The minimum absolute atomic E-state index is 0.487. The van der Waals surface area contributed by atoms with Crippen molar-refractivity contribution in [1.29, 1.82) is 0 Å². The first-order valence-corrected chi connectivity index (χ1v) is 24.3. The molecule has 0 spiro atoms. The molecule has 11 nitrogen and oxygen atoms in total. The normalized spacial score (nSPS) is 11.5. The fourth-order valence-corrected chi connectivity index (χ4v) is 9.95. The summed E-state index contributed by atoms with van der Waals surface area (Å²) >= 11 is 0. The van der Waals surface area contributed by atoms with Crippen LogP contribution in [0.15, 0.2) is 237 Å². The Hall–Kier alpha value is -10.4. The molecular weight excluding hydrogens is 911 g/mol. The molecule has 7 aromatic carbocycles. The predicted octanol–water partition coefficient (Wildman–Crippen LogP) is 14.1. The van der Waals surface area contributed by atoms with Crippen molar-refractivity contribution in [2.45, 2.75) is 0 Å². The van der Waals surface area contributed by atoms with Crippen molar-refractivity contribution in [3.63, 3.8) is 0 Å². The van der Waals surface area contributed by atoms with E-state index in [4.69, 9.17) is 29.9 Å². The molecule has 346 valence electrons. The van der Waals surface area contributed by atoms with Gasteiger partial charge in [0.05, 0.1) is 22.1 Å². The van der Waals surface area contributed by atoms with Crippen LogP contribution in [0.5, 0.6) is 0 Å². The highest BCUT2D eigenvalue weighted by Crippen LogP contribution is 2.39. The summed E-state index contributed by atoms with van der Waals surface area (Å²) in [6.07, 6.45) is 7.01. The quantitative estimate of drug-likeness (QED) is 0.139. The molecule has 0 aliphatic heterocycles. The summed E-state index contributed by atoms with van der Waals surface area (Å²) in [5, 5.41) is 4.70. The van der Waals surface area contributed by atoms with E-state index in [9.17, 15) is 0 Å². The molecule has 0 bridgehead atoms. The summed E-state index contributed by atoms with van der Waals surface area (Å²) in [4.78, 5) is 42.7. The molecule has 0 atom stereocenters. The standard InChI is InChI=1S/C63H39N11/c1-2-13-40(14-3-1)58-67-59(69-61(68-58)45-15-12-34-64-39-45)41-22-28-46(29-23-41)73-54-20-6-4-16-48(54)50-37-43(26-32-56(50)73)44-27-33-57-51(38-44)49-17-5-7-21-55(49)74(57)47-30-24-42(25-31-47)60-70-62(52-18-8-10-35-65-52)72-63(71-60)53-19-9-11-36-66-53/h1-39H. The molecule has 7 heterocycles. The summed E-state index contributed by atoms with van der Waals surface area (Å²) in [6, 6.07) is 73.0. The molecule has 14 aromatic rings. The first-order chi connectivity index (χ1) is 36.7. The Morgan fingerprint density at radius 2 is 0.649 bits per heavy atom. The van der Waals surface area contributed by atoms with E-state index in [2.05, 4.69) is 158 Å². The third kappa shape index (κ3) is 7.51. The Bertz CT molecular complexity index is 3990. The van der Waals surface area contributed by atoms with Crippen LogP contribution in [0, 0.1) is 0 Å². The average Bonchev–Trinajstić information content (AvgIpc) is 4.02. The van der Waals surface area contributed by atoms with Crippen molar-refractivity contribution in [2.24, 2.45) is 0 Å². The molecule has 0 amide bonds. The number of pyridine rings is 3. The van der Waals surface area contributed by atoms with Crippen molar-refractivity contribution >= 4 is 43.6 Å². The number of hydrogen-bond donors (Lipinski definition) is 0. The second-order valence-corrected chi connectivity index (χ2v) is 17.9. The highest BCUT2D eigenvalue weighted by molar-refractivity contribution is 6.12. The molecule has 11 heteroatoms. The third-order valence-electron chi connectivity index (χ3n) is 13.5. The summed E-state index contributed by atoms with van der Waals surface area (Å²) in [6.45, 7) is 0. The molecule has 14 rings (SSSR count). The number of aromatic nitrogens is 11. The van der Waals surface area contributed by atoms with Gasteiger partial charge >= 0.3 is 0 Å². The lowest BCUT2D eigenvalue weighted by atomic mass is 10.0. The van der Waals surface area contributed by atoms with Crippen LogP contribution in [0.3, 0.4) is 0 Å². The highest BCUT2D eigenvalue weighted by atomic mass is 15.1. The monoisotopic (exact) mass is 949 g/mol. The topological polar surface area (TPSA) is 126 Å². The molecule has 0 unspecified atom stereocenters. The summed E-state index contributed by atoms with van der Waals surface area (Å²) < 4.78 is 4.67. The molecule has 0 N–H and O–H groups in total. The lowest BCUT2D eigenvalue weighted by molar-refractivity contribution is 1.04. The van der Waals surface area contributed by atoms with Gasteiger partial charge in [-0.2, -0.15) is 0 Å². The Labute approximate surface area is 423 Å². The van der Waals surface area contributed by atoms with Crippen LogP contribution in [-0.4, -0.2) is 54.0 Å². The van der Waals surface area contributed by atoms with Crippen LogP contribution in [-0.2, 0) is 0 Å². The van der Waals surface area contributed by atoms with Crippen molar-refractivity contribution in [3.05, 3.63) is 237 Å². The van der Waals surface area contributed by atoms with Gasteiger partial charge in [-0.15, -0.1) is 0 Å². The van der Waals surface area contributed by atoms with Crippen molar-refractivity contribution in [2.75, 3.05) is 0 Å². The summed E-state index contributed by atoms with van der Waals surface area (Å²) in [7, 11) is 0. The van der Waals surface area contributed by atoms with E-state index < -0.39 is 0 Å². The van der Waals surface area contributed by atoms with E-state index in [0.717, 1.165) is 66.8 Å². The van der Waals surface area contributed by atoms with Gasteiger partial charge in [0.15, 0.2) is 34.9 Å². The molecule has 0 radical (unpaired) electrons. The molecule has 0 saturated heterocycles. The van der Waals surface area contributed by atoms with E-state index >= 15 is 0 Å². The Kier molecular flexibility index (Phi) is 10.2. The largest absolute Gasteiger partial charge is 0.309 e. The minimum atomic E-state index is 0.487. The first-order valence-electron chi connectivity index (χ1n) is 24.3. The Morgan fingerprint density at radius 1 is 0.257 bits per heavy atom. The van der Waals surface area contributed by atoms with E-state index in [1.165, 1.54) is 21.5 Å². The molecule has 0 aliphatic carbocycles. The van der Waals surface area contributed by atoms with Gasteiger partial charge in [-0.25, -0.2) is 29.9 Å². The van der Waals surface area contributed by atoms with Gasteiger partial charge in [-0.05, 0) is 132 Å². The fraction of sp³-hybridized carbons (Fsp3) is 0. The van der Waals surface area contributed by atoms with Crippen LogP contribution in [0.25, 0.3) is 135 Å². The molecule has 74 heavy (non-hydrogen) atoms. The van der Waals surface area contributed by atoms with Gasteiger partial charge in [-0.3, -0.25) is 15.0 Å². The molecule has 0 saturated carbocycles. The zero-order valence-corrected chi connectivity index (χ0v) is 39.4. The van der Waals surface area contributed by atoms with Gasteiger partial charge in [0.1, 0.15) is 11.4 Å². The van der Waals surface area contributed by atoms with Crippen molar-refractivity contribution < 1.29 is 0 Å². The maximum atomic E-state index is 4.96. The van der Waals surface area contributed by atoms with Crippen LogP contribution >= 0.6 is 0 Å². The van der Waals surface area contributed by atoms with Gasteiger partial charge < -0.3 is 9.13 Å². The summed E-state index contributed by atoms with van der Waals surface area (Å²) in [5.74, 6) is 3.30.